The molecule has 5 rings (SSSR count). The van der Waals surface area contributed by atoms with Crippen molar-refractivity contribution in [1.82, 2.24) is 13.9 Å². The molecule has 0 atom stereocenters. The lowest BCUT2D eigenvalue weighted by Crippen LogP contribution is -2.12. The predicted octanol–water partition coefficient (Wildman–Crippen LogP) is 5.49. The lowest BCUT2D eigenvalue weighted by molar-refractivity contribution is 0.589. The number of rotatable bonds is 3. The molecule has 5 nitrogen and oxygen atoms in total. The first-order valence-electron chi connectivity index (χ1n) is 9.00. The van der Waals surface area contributed by atoms with Gasteiger partial charge in [0.2, 0.25) is 0 Å². The Morgan fingerprint density at radius 1 is 1.00 bits per heavy atom. The summed E-state index contributed by atoms with van der Waals surface area (Å²) in [5.41, 5.74) is 4.16. The van der Waals surface area contributed by atoms with E-state index in [1.807, 2.05) is 43.5 Å². The first-order valence-corrected chi connectivity index (χ1v) is 11.2. The molecule has 0 aliphatic carbocycles. The van der Waals surface area contributed by atoms with Gasteiger partial charge in [0, 0.05) is 44.9 Å². The van der Waals surface area contributed by atoms with Gasteiger partial charge < -0.3 is 4.98 Å². The molecular weight excluding hydrogens is 450 g/mol. The van der Waals surface area contributed by atoms with E-state index in [9.17, 15) is 8.42 Å². The number of nitrogens with zero attached hydrogens (tertiary/aromatic N) is 2. The third-order valence-corrected chi connectivity index (χ3v) is 7.14. The Kier molecular flexibility index (Phi) is 4.11. The largest absolute Gasteiger partial charge is 0.361 e. The average Bonchev–Trinajstić information content (AvgIpc) is 3.33. The Morgan fingerprint density at radius 3 is 2.59 bits per heavy atom. The van der Waals surface area contributed by atoms with Crippen LogP contribution in [0.1, 0.15) is 5.56 Å². The zero-order valence-electron chi connectivity index (χ0n) is 15.4. The van der Waals surface area contributed by atoms with Gasteiger partial charge in [0.25, 0.3) is 10.0 Å². The van der Waals surface area contributed by atoms with Gasteiger partial charge in [-0.25, -0.2) is 17.4 Å². The molecule has 3 heterocycles. The van der Waals surface area contributed by atoms with Crippen LogP contribution < -0.4 is 0 Å². The molecule has 0 aliphatic heterocycles. The van der Waals surface area contributed by atoms with E-state index in [0.29, 0.717) is 5.65 Å². The molecule has 1 N–H and O–H groups in total. The highest BCUT2D eigenvalue weighted by atomic mass is 79.9. The van der Waals surface area contributed by atoms with E-state index in [2.05, 4.69) is 25.9 Å². The van der Waals surface area contributed by atoms with Crippen LogP contribution in [0.5, 0.6) is 0 Å². The molecule has 7 heteroatoms. The number of hydrogen-bond acceptors (Lipinski definition) is 3. The monoisotopic (exact) mass is 465 g/mol. The number of benzene rings is 2. The Balaban J connectivity index is 1.83. The minimum absolute atomic E-state index is 0.233. The van der Waals surface area contributed by atoms with Crippen LogP contribution in [-0.2, 0) is 10.0 Å². The lowest BCUT2D eigenvalue weighted by atomic mass is 10.0. The van der Waals surface area contributed by atoms with Crippen molar-refractivity contribution in [2.45, 2.75) is 11.8 Å². The predicted molar refractivity (Wildman–Crippen MR) is 118 cm³/mol. The standard InChI is InChI=1S/C22H16BrN3O2S/c1-14-5-7-16(8-6-14)29(27,28)26-13-20(19-11-15(23)12-25-22(19)26)17-3-2-4-21-18(17)9-10-24-21/h2-13,24H,1H3. The number of hydrogen-bond donors (Lipinski definition) is 1. The van der Waals surface area contributed by atoms with Crippen LogP contribution in [-0.4, -0.2) is 22.4 Å². The highest BCUT2D eigenvalue weighted by Gasteiger charge is 2.23. The van der Waals surface area contributed by atoms with Gasteiger partial charge in [0.1, 0.15) is 0 Å². The second-order valence-electron chi connectivity index (χ2n) is 6.93. The van der Waals surface area contributed by atoms with Crippen molar-refractivity contribution in [2.24, 2.45) is 0 Å². The van der Waals surface area contributed by atoms with Crippen molar-refractivity contribution < 1.29 is 8.42 Å². The molecule has 29 heavy (non-hydrogen) atoms. The van der Waals surface area contributed by atoms with Crippen molar-refractivity contribution in [3.8, 4) is 11.1 Å². The summed E-state index contributed by atoms with van der Waals surface area (Å²) in [4.78, 5) is 7.87. The van der Waals surface area contributed by atoms with Crippen LogP contribution in [0.15, 0.2) is 82.6 Å². The summed E-state index contributed by atoms with van der Waals surface area (Å²) in [5, 5.41) is 1.79. The second-order valence-corrected chi connectivity index (χ2v) is 9.66. The van der Waals surface area contributed by atoms with E-state index in [0.717, 1.165) is 37.5 Å². The zero-order valence-corrected chi connectivity index (χ0v) is 17.8. The first-order chi connectivity index (χ1) is 13.9. The Bertz CT molecular complexity index is 1480. The fraction of sp³-hybridized carbons (Fsp3) is 0.0455. The molecule has 5 aromatic rings. The number of nitrogens with one attached hydrogen (secondary N) is 1. The number of halogens is 1. The summed E-state index contributed by atoms with van der Waals surface area (Å²) in [6.07, 6.45) is 5.16. The smallest absolute Gasteiger partial charge is 0.269 e. The molecule has 0 fully saturated rings. The number of pyridine rings is 1. The van der Waals surface area contributed by atoms with Gasteiger partial charge in [0.05, 0.1) is 4.90 Å². The van der Waals surface area contributed by atoms with Crippen LogP contribution in [0.3, 0.4) is 0 Å². The van der Waals surface area contributed by atoms with Crippen molar-refractivity contribution in [3.05, 3.63) is 83.2 Å². The molecular formula is C22H16BrN3O2S. The summed E-state index contributed by atoms with van der Waals surface area (Å²) in [5.74, 6) is 0. The summed E-state index contributed by atoms with van der Waals surface area (Å²) in [6.45, 7) is 1.93. The molecule has 2 aromatic carbocycles. The molecule has 0 radical (unpaired) electrons. The number of H-pyrrole nitrogens is 1. The van der Waals surface area contributed by atoms with Crippen LogP contribution in [0.25, 0.3) is 33.1 Å². The van der Waals surface area contributed by atoms with Crippen molar-refractivity contribution >= 4 is 47.9 Å². The maximum atomic E-state index is 13.4. The summed E-state index contributed by atoms with van der Waals surface area (Å²) < 4.78 is 28.9. The van der Waals surface area contributed by atoms with Crippen molar-refractivity contribution in [1.29, 1.82) is 0 Å². The van der Waals surface area contributed by atoms with Gasteiger partial charge in [-0.1, -0.05) is 29.8 Å². The van der Waals surface area contributed by atoms with E-state index >= 15 is 0 Å². The zero-order chi connectivity index (χ0) is 20.2. The normalized spacial score (nSPS) is 12.1. The van der Waals surface area contributed by atoms with Gasteiger partial charge in [0.15, 0.2) is 5.65 Å². The van der Waals surface area contributed by atoms with E-state index in [4.69, 9.17) is 0 Å². The van der Waals surface area contributed by atoms with Gasteiger partial charge in [-0.3, -0.25) is 0 Å². The molecule has 3 aromatic heterocycles. The van der Waals surface area contributed by atoms with Gasteiger partial charge in [-0.2, -0.15) is 0 Å². The number of aromatic amines is 1. The van der Waals surface area contributed by atoms with Crippen LogP contribution in [0, 0.1) is 6.92 Å². The highest BCUT2D eigenvalue weighted by Crippen LogP contribution is 2.36. The van der Waals surface area contributed by atoms with Gasteiger partial charge in [-0.05, 0) is 58.7 Å². The fourth-order valence-electron chi connectivity index (χ4n) is 3.60. The minimum atomic E-state index is -3.79. The van der Waals surface area contributed by atoms with Crippen LogP contribution >= 0.6 is 15.9 Å². The molecule has 0 spiro atoms. The van der Waals surface area contributed by atoms with Crippen molar-refractivity contribution in [3.63, 3.8) is 0 Å². The maximum Gasteiger partial charge on any atom is 0.269 e. The van der Waals surface area contributed by atoms with Crippen LogP contribution in [0.4, 0.5) is 0 Å². The Morgan fingerprint density at radius 2 is 1.79 bits per heavy atom. The molecule has 144 valence electrons. The van der Waals surface area contributed by atoms with E-state index in [1.165, 1.54) is 3.97 Å². The molecule has 0 amide bonds. The second kappa shape index (κ2) is 6.57. The number of aryl methyl sites for hydroxylation is 1. The Labute approximate surface area is 176 Å². The topological polar surface area (TPSA) is 67.8 Å². The maximum absolute atomic E-state index is 13.4. The summed E-state index contributed by atoms with van der Waals surface area (Å²) in [7, 11) is -3.79. The van der Waals surface area contributed by atoms with Gasteiger partial charge >= 0.3 is 0 Å². The number of aromatic nitrogens is 3. The van der Waals surface area contributed by atoms with Crippen molar-refractivity contribution in [2.75, 3.05) is 0 Å². The first kappa shape index (κ1) is 18.1. The van der Waals surface area contributed by atoms with E-state index in [-0.39, 0.29) is 4.90 Å². The van der Waals surface area contributed by atoms with E-state index in [1.54, 1.807) is 36.7 Å². The molecule has 0 saturated carbocycles. The third kappa shape index (κ3) is 2.89. The fourth-order valence-corrected chi connectivity index (χ4v) is 5.25. The lowest BCUT2D eigenvalue weighted by Gasteiger charge is -2.07. The summed E-state index contributed by atoms with van der Waals surface area (Å²) in [6, 6.07) is 16.7. The highest BCUT2D eigenvalue weighted by molar-refractivity contribution is 9.10. The van der Waals surface area contributed by atoms with Gasteiger partial charge in [-0.15, -0.1) is 0 Å². The minimum Gasteiger partial charge on any atom is -0.361 e. The third-order valence-electron chi connectivity index (χ3n) is 5.04. The van der Waals surface area contributed by atoms with Crippen LogP contribution in [0.2, 0.25) is 0 Å². The SMILES string of the molecule is Cc1ccc(S(=O)(=O)n2cc(-c3cccc4[nH]ccc34)c3cc(Br)cnc32)cc1. The average molecular weight is 466 g/mol. The molecule has 0 saturated heterocycles. The number of fused-ring (bicyclic) bond motifs is 2. The molecule has 0 aliphatic rings. The molecule has 0 bridgehead atoms. The summed E-state index contributed by atoms with van der Waals surface area (Å²) >= 11 is 3.47. The van der Waals surface area contributed by atoms with E-state index < -0.39 is 10.0 Å². The quantitative estimate of drug-likeness (QED) is 0.382. The molecule has 0 unspecified atom stereocenters. The Hall–Kier alpha value is -2.90.